The van der Waals surface area contributed by atoms with Crippen LogP contribution in [-0.4, -0.2) is 48.6 Å². The van der Waals surface area contributed by atoms with Crippen LogP contribution in [0.5, 0.6) is 11.5 Å². The molecule has 138 valence electrons. The van der Waals surface area contributed by atoms with E-state index < -0.39 is 0 Å². The van der Waals surface area contributed by atoms with Crippen molar-refractivity contribution in [3.05, 3.63) is 23.3 Å². The Morgan fingerprint density at radius 2 is 2.04 bits per heavy atom. The molecule has 2 amide bonds. The standard InChI is InChI=1S/C19H28N2O4/c1-7-21(11-16(22)20-19(3,4)5)18(23)14-9-13-8-12(2)25-17(13)15(10-14)24-6/h9-10,12H,7-8,11H2,1-6H3,(H,20,22)/t12-/m0/s1. The second-order valence-electron chi connectivity index (χ2n) is 7.42. The van der Waals surface area contributed by atoms with Gasteiger partial charge in [-0.25, -0.2) is 0 Å². The molecule has 0 radical (unpaired) electrons. The number of hydrogen-bond acceptors (Lipinski definition) is 4. The fraction of sp³-hybridized carbons (Fsp3) is 0.579. The molecule has 0 fully saturated rings. The molecular formula is C19H28N2O4. The van der Waals surface area contributed by atoms with Crippen LogP contribution in [0.3, 0.4) is 0 Å². The SMILES string of the molecule is CCN(CC(=O)NC(C)(C)C)C(=O)c1cc2c(c(OC)c1)O[C@@H](C)C2. The summed E-state index contributed by atoms with van der Waals surface area (Å²) in [5.41, 5.74) is 1.15. The number of likely N-dealkylation sites (N-methyl/N-ethyl adjacent to an activating group) is 1. The number of nitrogens with zero attached hydrogens (tertiary/aromatic N) is 1. The summed E-state index contributed by atoms with van der Waals surface area (Å²) in [5, 5.41) is 2.88. The fourth-order valence-corrected chi connectivity index (χ4v) is 2.91. The van der Waals surface area contributed by atoms with Crippen molar-refractivity contribution in [1.29, 1.82) is 0 Å². The van der Waals surface area contributed by atoms with Crippen LogP contribution < -0.4 is 14.8 Å². The van der Waals surface area contributed by atoms with Crippen molar-refractivity contribution in [3.8, 4) is 11.5 Å². The number of carbonyl (C=O) groups excluding carboxylic acids is 2. The second kappa shape index (κ2) is 7.33. The van der Waals surface area contributed by atoms with Crippen LogP contribution in [0.1, 0.15) is 50.5 Å². The smallest absolute Gasteiger partial charge is 0.254 e. The molecule has 1 heterocycles. The van der Waals surface area contributed by atoms with E-state index in [4.69, 9.17) is 9.47 Å². The molecular weight excluding hydrogens is 320 g/mol. The molecule has 0 saturated heterocycles. The van der Waals surface area contributed by atoms with Crippen molar-refractivity contribution in [2.24, 2.45) is 0 Å². The monoisotopic (exact) mass is 348 g/mol. The summed E-state index contributed by atoms with van der Waals surface area (Å²) >= 11 is 0. The number of nitrogens with one attached hydrogen (secondary N) is 1. The Labute approximate surface area is 149 Å². The number of hydrogen-bond donors (Lipinski definition) is 1. The summed E-state index contributed by atoms with van der Waals surface area (Å²) in [4.78, 5) is 26.6. The van der Waals surface area contributed by atoms with Crippen molar-refractivity contribution in [3.63, 3.8) is 0 Å². The Morgan fingerprint density at radius 1 is 1.36 bits per heavy atom. The van der Waals surface area contributed by atoms with E-state index in [0.29, 0.717) is 23.6 Å². The number of rotatable bonds is 5. The molecule has 0 aromatic heterocycles. The van der Waals surface area contributed by atoms with Gasteiger partial charge in [0.15, 0.2) is 11.5 Å². The van der Waals surface area contributed by atoms with Crippen LogP contribution in [-0.2, 0) is 11.2 Å². The van der Waals surface area contributed by atoms with E-state index in [2.05, 4.69) is 5.32 Å². The third kappa shape index (κ3) is 4.65. The van der Waals surface area contributed by atoms with Gasteiger partial charge in [0.25, 0.3) is 5.91 Å². The first-order valence-electron chi connectivity index (χ1n) is 8.62. The van der Waals surface area contributed by atoms with Gasteiger partial charge in [-0.05, 0) is 46.8 Å². The molecule has 6 nitrogen and oxygen atoms in total. The summed E-state index contributed by atoms with van der Waals surface area (Å²) in [7, 11) is 1.56. The zero-order valence-electron chi connectivity index (χ0n) is 15.9. The van der Waals surface area contributed by atoms with Crippen molar-refractivity contribution >= 4 is 11.8 Å². The van der Waals surface area contributed by atoms with Gasteiger partial charge in [0.2, 0.25) is 5.91 Å². The maximum atomic E-state index is 12.9. The van der Waals surface area contributed by atoms with Crippen molar-refractivity contribution < 1.29 is 19.1 Å². The van der Waals surface area contributed by atoms with E-state index in [1.54, 1.807) is 13.2 Å². The average Bonchev–Trinajstić information content (AvgIpc) is 2.89. The van der Waals surface area contributed by atoms with E-state index in [1.165, 1.54) is 4.90 Å². The predicted octanol–water partition coefficient (Wildman–Crippen LogP) is 2.40. The Hall–Kier alpha value is -2.24. The number of fused-ring (bicyclic) bond motifs is 1. The molecule has 6 heteroatoms. The summed E-state index contributed by atoms with van der Waals surface area (Å²) in [6, 6.07) is 3.53. The van der Waals surface area contributed by atoms with Gasteiger partial charge in [0.1, 0.15) is 6.10 Å². The number of amides is 2. The van der Waals surface area contributed by atoms with Crippen molar-refractivity contribution in [1.82, 2.24) is 10.2 Å². The largest absolute Gasteiger partial charge is 0.493 e. The van der Waals surface area contributed by atoms with Gasteiger partial charge in [0.05, 0.1) is 13.7 Å². The maximum absolute atomic E-state index is 12.9. The Kier molecular flexibility index (Phi) is 5.60. The van der Waals surface area contributed by atoms with Gasteiger partial charge in [0, 0.05) is 29.6 Å². The molecule has 2 rings (SSSR count). The van der Waals surface area contributed by atoms with Gasteiger partial charge >= 0.3 is 0 Å². The molecule has 1 aromatic rings. The van der Waals surface area contributed by atoms with Crippen molar-refractivity contribution in [2.45, 2.75) is 52.7 Å². The normalized spacial score (nSPS) is 16.0. The lowest BCUT2D eigenvalue weighted by Gasteiger charge is -2.25. The highest BCUT2D eigenvalue weighted by Crippen LogP contribution is 2.39. The zero-order chi connectivity index (χ0) is 18.8. The molecule has 0 unspecified atom stereocenters. The topological polar surface area (TPSA) is 67.9 Å². The first-order chi connectivity index (χ1) is 11.6. The average molecular weight is 348 g/mol. The minimum absolute atomic E-state index is 0.0267. The van der Waals surface area contributed by atoms with Crippen LogP contribution in [0.15, 0.2) is 12.1 Å². The quantitative estimate of drug-likeness (QED) is 0.887. The maximum Gasteiger partial charge on any atom is 0.254 e. The van der Waals surface area contributed by atoms with E-state index >= 15 is 0 Å². The lowest BCUT2D eigenvalue weighted by atomic mass is 10.0. The van der Waals surface area contributed by atoms with Crippen LogP contribution in [0.2, 0.25) is 0 Å². The van der Waals surface area contributed by atoms with Gasteiger partial charge in [-0.2, -0.15) is 0 Å². The molecule has 1 aliphatic rings. The van der Waals surface area contributed by atoms with E-state index in [1.807, 2.05) is 40.7 Å². The number of ether oxygens (including phenoxy) is 2. The third-order valence-corrected chi connectivity index (χ3v) is 3.94. The number of benzene rings is 1. The van der Waals surface area contributed by atoms with E-state index in [0.717, 1.165) is 12.0 Å². The summed E-state index contributed by atoms with van der Waals surface area (Å²) in [6.45, 7) is 10.1. The first kappa shape index (κ1) is 19.1. The molecule has 1 aliphatic heterocycles. The molecule has 0 saturated carbocycles. The number of carbonyl (C=O) groups is 2. The van der Waals surface area contributed by atoms with Crippen LogP contribution in [0.25, 0.3) is 0 Å². The predicted molar refractivity (Wildman–Crippen MR) is 96.3 cm³/mol. The Balaban J connectivity index is 2.21. The summed E-state index contributed by atoms with van der Waals surface area (Å²) in [6.07, 6.45) is 0.804. The molecule has 0 bridgehead atoms. The highest BCUT2D eigenvalue weighted by atomic mass is 16.5. The first-order valence-corrected chi connectivity index (χ1v) is 8.62. The van der Waals surface area contributed by atoms with Crippen LogP contribution >= 0.6 is 0 Å². The second-order valence-corrected chi connectivity index (χ2v) is 7.42. The minimum Gasteiger partial charge on any atom is -0.493 e. The molecule has 0 spiro atoms. The van der Waals surface area contributed by atoms with Crippen LogP contribution in [0, 0.1) is 0 Å². The van der Waals surface area contributed by atoms with Crippen LogP contribution in [0.4, 0.5) is 0 Å². The van der Waals surface area contributed by atoms with Gasteiger partial charge < -0.3 is 19.7 Å². The van der Waals surface area contributed by atoms with Gasteiger partial charge in [-0.15, -0.1) is 0 Å². The third-order valence-electron chi connectivity index (χ3n) is 3.94. The summed E-state index contributed by atoms with van der Waals surface area (Å²) < 4.78 is 11.1. The molecule has 1 atom stereocenters. The molecule has 1 N–H and O–H groups in total. The van der Waals surface area contributed by atoms with Crippen molar-refractivity contribution in [2.75, 3.05) is 20.2 Å². The van der Waals surface area contributed by atoms with E-state index in [-0.39, 0.29) is 30.0 Å². The Morgan fingerprint density at radius 3 is 2.60 bits per heavy atom. The highest BCUT2D eigenvalue weighted by molar-refractivity contribution is 5.97. The minimum atomic E-state index is -0.330. The van der Waals surface area contributed by atoms with Gasteiger partial charge in [-0.3, -0.25) is 9.59 Å². The molecule has 0 aliphatic carbocycles. The lowest BCUT2D eigenvalue weighted by Crippen LogP contribution is -2.47. The highest BCUT2D eigenvalue weighted by Gasteiger charge is 2.27. The molecule has 25 heavy (non-hydrogen) atoms. The fourth-order valence-electron chi connectivity index (χ4n) is 2.91. The molecule has 1 aromatic carbocycles. The Bertz CT molecular complexity index is 664. The summed E-state index contributed by atoms with van der Waals surface area (Å²) in [5.74, 6) is 0.903. The number of methoxy groups -OCH3 is 1. The van der Waals surface area contributed by atoms with E-state index in [9.17, 15) is 9.59 Å². The van der Waals surface area contributed by atoms with Gasteiger partial charge in [-0.1, -0.05) is 0 Å². The zero-order valence-corrected chi connectivity index (χ0v) is 15.9. The lowest BCUT2D eigenvalue weighted by molar-refractivity contribution is -0.123.